The first-order valence-electron chi connectivity index (χ1n) is 5.59. The van der Waals surface area contributed by atoms with Crippen molar-refractivity contribution in [3.8, 4) is 0 Å². The third-order valence-electron chi connectivity index (χ3n) is 2.92. The highest BCUT2D eigenvalue weighted by Crippen LogP contribution is 2.24. The van der Waals surface area contributed by atoms with Gasteiger partial charge < -0.3 is 9.84 Å². The molecule has 1 aliphatic rings. The SMILES string of the molecule is CC1NC(c2ccccc2C(=O)O)COC1=C=O. The number of benzene rings is 1. The fourth-order valence-electron chi connectivity index (χ4n) is 2.02. The van der Waals surface area contributed by atoms with Crippen LogP contribution >= 0.6 is 0 Å². The molecule has 1 heterocycles. The topological polar surface area (TPSA) is 75.6 Å². The zero-order chi connectivity index (χ0) is 13.1. The minimum Gasteiger partial charge on any atom is -0.483 e. The number of ether oxygens (including phenoxy) is 1. The predicted octanol–water partition coefficient (Wildman–Crippen LogP) is 1.15. The van der Waals surface area contributed by atoms with Gasteiger partial charge in [-0.3, -0.25) is 5.32 Å². The molecule has 5 nitrogen and oxygen atoms in total. The molecule has 94 valence electrons. The van der Waals surface area contributed by atoms with Crippen LogP contribution in [0.15, 0.2) is 30.0 Å². The number of hydrogen-bond acceptors (Lipinski definition) is 4. The molecule has 0 saturated carbocycles. The van der Waals surface area contributed by atoms with E-state index in [0.29, 0.717) is 5.56 Å². The lowest BCUT2D eigenvalue weighted by molar-refractivity contribution is 0.0690. The summed E-state index contributed by atoms with van der Waals surface area (Å²) < 4.78 is 5.28. The van der Waals surface area contributed by atoms with Gasteiger partial charge in [-0.1, -0.05) is 18.2 Å². The van der Waals surface area contributed by atoms with Gasteiger partial charge in [-0.25, -0.2) is 9.59 Å². The number of nitrogens with one attached hydrogen (secondary N) is 1. The number of rotatable bonds is 2. The highest BCUT2D eigenvalue weighted by atomic mass is 16.5. The number of carbonyl (C=O) groups is 1. The number of carboxylic acids is 1. The number of hydrogen-bond donors (Lipinski definition) is 2. The fourth-order valence-corrected chi connectivity index (χ4v) is 2.02. The van der Waals surface area contributed by atoms with Crippen LogP contribution < -0.4 is 5.32 Å². The summed E-state index contributed by atoms with van der Waals surface area (Å²) in [7, 11) is 0. The number of carbonyl (C=O) groups excluding carboxylic acids is 1. The van der Waals surface area contributed by atoms with Gasteiger partial charge in [0.25, 0.3) is 0 Å². The molecule has 1 saturated heterocycles. The van der Waals surface area contributed by atoms with E-state index in [0.717, 1.165) is 0 Å². The van der Waals surface area contributed by atoms with Crippen LogP contribution in [0.5, 0.6) is 0 Å². The quantitative estimate of drug-likeness (QED) is 0.767. The zero-order valence-corrected chi connectivity index (χ0v) is 9.84. The molecule has 18 heavy (non-hydrogen) atoms. The van der Waals surface area contributed by atoms with Gasteiger partial charge >= 0.3 is 5.97 Å². The number of aromatic carboxylic acids is 1. The Morgan fingerprint density at radius 1 is 1.50 bits per heavy atom. The standard InChI is InChI=1S/C13H13NO4/c1-8-12(6-15)18-7-11(14-8)9-4-2-3-5-10(9)13(16)17/h2-5,8,11,14H,7H2,1H3,(H,16,17). The lowest BCUT2D eigenvalue weighted by atomic mass is 9.99. The highest BCUT2D eigenvalue weighted by molar-refractivity contribution is 5.89. The van der Waals surface area contributed by atoms with Crippen molar-refractivity contribution in [2.75, 3.05) is 6.61 Å². The van der Waals surface area contributed by atoms with Gasteiger partial charge in [-0.15, -0.1) is 0 Å². The molecule has 2 rings (SSSR count). The van der Waals surface area contributed by atoms with Crippen LogP contribution in [0.3, 0.4) is 0 Å². The van der Waals surface area contributed by atoms with Crippen molar-refractivity contribution in [1.82, 2.24) is 5.32 Å². The van der Waals surface area contributed by atoms with Crippen molar-refractivity contribution in [3.05, 3.63) is 41.2 Å². The average molecular weight is 247 g/mol. The number of morpholine rings is 1. The molecule has 0 spiro atoms. The van der Waals surface area contributed by atoms with Gasteiger partial charge in [0.05, 0.1) is 17.6 Å². The molecule has 1 aliphatic heterocycles. The van der Waals surface area contributed by atoms with Crippen molar-refractivity contribution < 1.29 is 19.4 Å². The van der Waals surface area contributed by atoms with Crippen molar-refractivity contribution in [3.63, 3.8) is 0 Å². The molecule has 0 bridgehead atoms. The molecule has 1 aromatic rings. The van der Waals surface area contributed by atoms with E-state index in [9.17, 15) is 9.59 Å². The highest BCUT2D eigenvalue weighted by Gasteiger charge is 2.27. The molecule has 2 atom stereocenters. The third kappa shape index (κ3) is 2.27. The summed E-state index contributed by atoms with van der Waals surface area (Å²) in [6.45, 7) is 2.00. The molecule has 0 amide bonds. The van der Waals surface area contributed by atoms with Crippen LogP contribution in [0.2, 0.25) is 0 Å². The minimum atomic E-state index is -0.975. The monoisotopic (exact) mass is 247 g/mol. The lowest BCUT2D eigenvalue weighted by Gasteiger charge is -2.30. The average Bonchev–Trinajstić information content (AvgIpc) is 2.38. The third-order valence-corrected chi connectivity index (χ3v) is 2.92. The van der Waals surface area contributed by atoms with Crippen molar-refractivity contribution in [2.24, 2.45) is 0 Å². The molecule has 0 aromatic heterocycles. The lowest BCUT2D eigenvalue weighted by Crippen LogP contribution is -2.41. The Bertz CT molecular complexity index is 519. The smallest absolute Gasteiger partial charge is 0.336 e. The van der Waals surface area contributed by atoms with Gasteiger partial charge in [0.2, 0.25) is 0 Å². The Hall–Kier alpha value is -2.10. The van der Waals surface area contributed by atoms with Crippen LogP contribution in [0.25, 0.3) is 0 Å². The second-order valence-electron chi connectivity index (χ2n) is 4.11. The summed E-state index contributed by atoms with van der Waals surface area (Å²) >= 11 is 0. The maximum absolute atomic E-state index is 11.1. The van der Waals surface area contributed by atoms with Crippen molar-refractivity contribution >= 4 is 11.9 Å². The van der Waals surface area contributed by atoms with Crippen LogP contribution in [-0.4, -0.2) is 29.7 Å². The Morgan fingerprint density at radius 3 is 2.83 bits per heavy atom. The summed E-state index contributed by atoms with van der Waals surface area (Å²) in [5.74, 6) is 0.975. The Morgan fingerprint density at radius 2 is 2.22 bits per heavy atom. The van der Waals surface area contributed by atoms with Crippen LogP contribution in [0, 0.1) is 0 Å². The van der Waals surface area contributed by atoms with E-state index in [1.807, 2.05) is 0 Å². The van der Waals surface area contributed by atoms with E-state index < -0.39 is 5.97 Å². The minimum absolute atomic E-state index is 0.221. The van der Waals surface area contributed by atoms with E-state index in [-0.39, 0.29) is 30.0 Å². The molecule has 1 aromatic carbocycles. The number of carboxylic acid groups (broad SMARTS) is 1. The summed E-state index contributed by atoms with van der Waals surface area (Å²) in [4.78, 5) is 21.7. The molecular formula is C13H13NO4. The molecular weight excluding hydrogens is 234 g/mol. The van der Waals surface area contributed by atoms with E-state index in [4.69, 9.17) is 9.84 Å². The van der Waals surface area contributed by atoms with Crippen molar-refractivity contribution in [2.45, 2.75) is 19.0 Å². The normalized spacial score (nSPS) is 23.1. The Balaban J connectivity index is 2.29. The van der Waals surface area contributed by atoms with Gasteiger partial charge in [0.1, 0.15) is 6.61 Å². The Labute approximate surface area is 104 Å². The van der Waals surface area contributed by atoms with Gasteiger partial charge in [0, 0.05) is 0 Å². The molecule has 5 heteroatoms. The fraction of sp³-hybridized carbons (Fsp3) is 0.308. The largest absolute Gasteiger partial charge is 0.483 e. The molecule has 2 unspecified atom stereocenters. The first-order chi connectivity index (χ1) is 8.63. The molecule has 1 fully saturated rings. The van der Waals surface area contributed by atoms with E-state index in [1.54, 1.807) is 37.1 Å². The maximum atomic E-state index is 11.1. The maximum Gasteiger partial charge on any atom is 0.336 e. The molecule has 0 aliphatic carbocycles. The predicted molar refractivity (Wildman–Crippen MR) is 63.9 cm³/mol. The second kappa shape index (κ2) is 5.04. The van der Waals surface area contributed by atoms with Crippen LogP contribution in [0.1, 0.15) is 28.9 Å². The van der Waals surface area contributed by atoms with Crippen LogP contribution in [0.4, 0.5) is 0 Å². The van der Waals surface area contributed by atoms with Gasteiger partial charge in [-0.2, -0.15) is 0 Å². The summed E-state index contributed by atoms with van der Waals surface area (Å²) in [5.41, 5.74) is 0.895. The van der Waals surface area contributed by atoms with Crippen molar-refractivity contribution in [1.29, 1.82) is 0 Å². The van der Waals surface area contributed by atoms with Crippen LogP contribution in [-0.2, 0) is 9.53 Å². The zero-order valence-electron chi connectivity index (χ0n) is 9.84. The second-order valence-corrected chi connectivity index (χ2v) is 4.11. The van der Waals surface area contributed by atoms with Gasteiger partial charge in [-0.05, 0) is 18.6 Å². The molecule has 2 N–H and O–H groups in total. The van der Waals surface area contributed by atoms with E-state index >= 15 is 0 Å². The van der Waals surface area contributed by atoms with E-state index in [2.05, 4.69) is 5.32 Å². The van der Waals surface area contributed by atoms with Gasteiger partial charge in [0.15, 0.2) is 11.7 Å². The first kappa shape index (κ1) is 12.4. The summed E-state index contributed by atoms with van der Waals surface area (Å²) in [5, 5.41) is 12.3. The summed E-state index contributed by atoms with van der Waals surface area (Å²) in [6.07, 6.45) is 0. The van der Waals surface area contributed by atoms with E-state index in [1.165, 1.54) is 0 Å². The first-order valence-corrected chi connectivity index (χ1v) is 5.59. The molecule has 0 radical (unpaired) electrons. The Kier molecular flexibility index (Phi) is 3.46. The summed E-state index contributed by atoms with van der Waals surface area (Å²) in [6, 6.07) is 6.23.